The first-order valence-electron chi connectivity index (χ1n) is 9.78. The Hall–Kier alpha value is -2.40. The SMILES string of the molecule is CCOC(=O)COc1ccc(SCC=C(c2ccc(Cl)cc2)c2ccc(Cl)cc2)cc1. The Morgan fingerprint density at radius 3 is 1.94 bits per heavy atom. The Balaban J connectivity index is 1.67. The highest BCUT2D eigenvalue weighted by Gasteiger charge is 2.06. The Labute approximate surface area is 197 Å². The van der Waals surface area contributed by atoms with Crippen molar-refractivity contribution in [2.24, 2.45) is 0 Å². The van der Waals surface area contributed by atoms with Crippen molar-refractivity contribution in [3.8, 4) is 5.75 Å². The predicted molar refractivity (Wildman–Crippen MR) is 129 cm³/mol. The molecule has 3 aromatic rings. The minimum atomic E-state index is -0.372. The number of hydrogen-bond acceptors (Lipinski definition) is 4. The molecule has 0 aliphatic carbocycles. The summed E-state index contributed by atoms with van der Waals surface area (Å²) in [6.45, 7) is 2.03. The number of thioether (sulfide) groups is 1. The maximum Gasteiger partial charge on any atom is 0.344 e. The summed E-state index contributed by atoms with van der Waals surface area (Å²) in [5.41, 5.74) is 3.31. The molecule has 0 atom stereocenters. The highest BCUT2D eigenvalue weighted by Crippen LogP contribution is 2.28. The molecule has 31 heavy (non-hydrogen) atoms. The van der Waals surface area contributed by atoms with Crippen LogP contribution in [0.2, 0.25) is 10.0 Å². The number of hydrogen-bond donors (Lipinski definition) is 0. The number of esters is 1. The summed E-state index contributed by atoms with van der Waals surface area (Å²) in [7, 11) is 0. The molecule has 0 aromatic heterocycles. The highest BCUT2D eigenvalue weighted by molar-refractivity contribution is 7.99. The molecule has 0 unspecified atom stereocenters. The van der Waals surface area contributed by atoms with Gasteiger partial charge >= 0.3 is 5.97 Å². The fraction of sp³-hybridized carbons (Fsp3) is 0.160. The van der Waals surface area contributed by atoms with Crippen molar-refractivity contribution in [2.45, 2.75) is 11.8 Å². The van der Waals surface area contributed by atoms with E-state index in [2.05, 4.69) is 6.08 Å². The van der Waals surface area contributed by atoms with E-state index in [4.69, 9.17) is 32.7 Å². The van der Waals surface area contributed by atoms with Crippen LogP contribution < -0.4 is 4.74 Å². The van der Waals surface area contributed by atoms with Crippen LogP contribution in [0.15, 0.2) is 83.8 Å². The van der Waals surface area contributed by atoms with Crippen molar-refractivity contribution in [1.29, 1.82) is 0 Å². The first kappa shape index (κ1) is 23.3. The van der Waals surface area contributed by atoms with Gasteiger partial charge in [-0.05, 0) is 72.2 Å². The summed E-state index contributed by atoms with van der Waals surface area (Å²) < 4.78 is 10.3. The summed E-state index contributed by atoms with van der Waals surface area (Å²) in [5, 5.41) is 1.41. The van der Waals surface area contributed by atoms with Gasteiger partial charge in [0.2, 0.25) is 0 Å². The Bertz CT molecular complexity index is 967. The number of ether oxygens (including phenoxy) is 2. The number of carbonyl (C=O) groups excluding carboxylic acids is 1. The van der Waals surface area contributed by atoms with Gasteiger partial charge < -0.3 is 9.47 Å². The normalized spacial score (nSPS) is 10.4. The molecule has 0 aliphatic rings. The minimum absolute atomic E-state index is 0.0887. The average molecular weight is 473 g/mol. The van der Waals surface area contributed by atoms with Gasteiger partial charge in [0.25, 0.3) is 0 Å². The van der Waals surface area contributed by atoms with E-state index in [0.29, 0.717) is 22.4 Å². The molecule has 0 spiro atoms. The minimum Gasteiger partial charge on any atom is -0.482 e. The second kappa shape index (κ2) is 11.8. The van der Waals surface area contributed by atoms with Gasteiger partial charge in [-0.3, -0.25) is 0 Å². The van der Waals surface area contributed by atoms with Crippen molar-refractivity contribution < 1.29 is 14.3 Å². The molecule has 6 heteroatoms. The first-order chi connectivity index (χ1) is 15.0. The number of benzene rings is 3. The molecule has 3 rings (SSSR count). The Morgan fingerprint density at radius 1 is 0.871 bits per heavy atom. The van der Waals surface area contributed by atoms with Crippen molar-refractivity contribution in [3.05, 3.63) is 100 Å². The second-order valence-corrected chi connectivity index (χ2v) is 8.47. The Morgan fingerprint density at radius 2 is 1.42 bits per heavy atom. The molecule has 0 aliphatic heterocycles. The largest absolute Gasteiger partial charge is 0.482 e. The predicted octanol–water partition coefficient (Wildman–Crippen LogP) is 7.16. The van der Waals surface area contributed by atoms with Crippen molar-refractivity contribution in [2.75, 3.05) is 19.0 Å². The molecule has 0 amide bonds. The van der Waals surface area contributed by atoms with E-state index in [-0.39, 0.29) is 12.6 Å². The molecular weight excluding hydrogens is 451 g/mol. The van der Waals surface area contributed by atoms with Crippen LogP contribution in [0.25, 0.3) is 5.57 Å². The quantitative estimate of drug-likeness (QED) is 0.244. The van der Waals surface area contributed by atoms with E-state index in [1.807, 2.05) is 72.8 Å². The molecular formula is C25H22Cl2O3S. The summed E-state index contributed by atoms with van der Waals surface area (Å²) in [4.78, 5) is 12.5. The Kier molecular flexibility index (Phi) is 8.89. The maximum atomic E-state index is 11.4. The summed E-state index contributed by atoms with van der Waals surface area (Å²) in [6.07, 6.45) is 2.20. The zero-order valence-electron chi connectivity index (χ0n) is 17.0. The molecule has 0 saturated heterocycles. The number of carbonyl (C=O) groups is 1. The molecule has 0 N–H and O–H groups in total. The molecule has 3 nitrogen and oxygen atoms in total. The van der Waals surface area contributed by atoms with Gasteiger partial charge in [0.15, 0.2) is 6.61 Å². The van der Waals surface area contributed by atoms with Gasteiger partial charge in [-0.2, -0.15) is 0 Å². The zero-order chi connectivity index (χ0) is 22.1. The standard InChI is InChI=1S/C25H22Cl2O3S/c1-2-29-25(28)17-30-22-11-13-23(14-12-22)31-16-15-24(18-3-7-20(26)8-4-18)19-5-9-21(27)10-6-19/h3-15H,2,16-17H2,1H3. The lowest BCUT2D eigenvalue weighted by atomic mass is 9.98. The van der Waals surface area contributed by atoms with Gasteiger partial charge in [0.1, 0.15) is 5.75 Å². The van der Waals surface area contributed by atoms with E-state index in [1.54, 1.807) is 18.7 Å². The lowest BCUT2D eigenvalue weighted by Gasteiger charge is -2.10. The fourth-order valence-electron chi connectivity index (χ4n) is 2.86. The number of halogens is 2. The van der Waals surface area contributed by atoms with Gasteiger partial charge in [-0.1, -0.05) is 53.5 Å². The van der Waals surface area contributed by atoms with Crippen molar-refractivity contribution in [3.63, 3.8) is 0 Å². The van der Waals surface area contributed by atoms with Gasteiger partial charge in [-0.25, -0.2) is 4.79 Å². The van der Waals surface area contributed by atoms with Gasteiger partial charge in [-0.15, -0.1) is 11.8 Å². The van der Waals surface area contributed by atoms with Crippen LogP contribution in [0.4, 0.5) is 0 Å². The summed E-state index contributed by atoms with van der Waals surface area (Å²) in [6, 6.07) is 23.3. The molecule has 0 saturated carbocycles. The maximum absolute atomic E-state index is 11.4. The third-order valence-electron chi connectivity index (χ3n) is 4.33. The fourth-order valence-corrected chi connectivity index (χ4v) is 3.88. The molecule has 3 aromatic carbocycles. The monoisotopic (exact) mass is 472 g/mol. The third-order valence-corrected chi connectivity index (χ3v) is 5.78. The zero-order valence-corrected chi connectivity index (χ0v) is 19.3. The van der Waals surface area contributed by atoms with Gasteiger partial charge in [0.05, 0.1) is 6.61 Å². The smallest absolute Gasteiger partial charge is 0.344 e. The third kappa shape index (κ3) is 7.35. The molecule has 160 valence electrons. The van der Waals surface area contributed by atoms with E-state index < -0.39 is 0 Å². The lowest BCUT2D eigenvalue weighted by Crippen LogP contribution is -2.14. The van der Waals surface area contributed by atoms with Crippen LogP contribution in [-0.4, -0.2) is 24.9 Å². The van der Waals surface area contributed by atoms with Crippen LogP contribution in [0.1, 0.15) is 18.1 Å². The van der Waals surface area contributed by atoms with Gasteiger partial charge in [0, 0.05) is 20.7 Å². The first-order valence-corrected chi connectivity index (χ1v) is 11.5. The van der Waals surface area contributed by atoms with Crippen LogP contribution in [0, 0.1) is 0 Å². The summed E-state index contributed by atoms with van der Waals surface area (Å²) in [5.74, 6) is 1.04. The molecule has 0 fully saturated rings. The second-order valence-electron chi connectivity index (χ2n) is 6.51. The van der Waals surface area contributed by atoms with Crippen molar-refractivity contribution in [1.82, 2.24) is 0 Å². The van der Waals surface area contributed by atoms with E-state index >= 15 is 0 Å². The lowest BCUT2D eigenvalue weighted by molar-refractivity contribution is -0.145. The number of rotatable bonds is 9. The van der Waals surface area contributed by atoms with Crippen LogP contribution in [0.5, 0.6) is 5.75 Å². The molecule has 0 radical (unpaired) electrons. The van der Waals surface area contributed by atoms with Crippen LogP contribution >= 0.6 is 35.0 Å². The summed E-state index contributed by atoms with van der Waals surface area (Å²) >= 11 is 13.8. The average Bonchev–Trinajstić information content (AvgIpc) is 2.78. The molecule has 0 bridgehead atoms. The topological polar surface area (TPSA) is 35.5 Å². The van der Waals surface area contributed by atoms with Crippen LogP contribution in [0.3, 0.4) is 0 Å². The van der Waals surface area contributed by atoms with E-state index in [0.717, 1.165) is 27.3 Å². The van der Waals surface area contributed by atoms with E-state index in [1.165, 1.54) is 0 Å². The highest BCUT2D eigenvalue weighted by atomic mass is 35.5. The van der Waals surface area contributed by atoms with E-state index in [9.17, 15) is 4.79 Å². The van der Waals surface area contributed by atoms with Crippen molar-refractivity contribution >= 4 is 46.5 Å². The molecule has 0 heterocycles. The van der Waals surface area contributed by atoms with Crippen LogP contribution in [-0.2, 0) is 9.53 Å².